The third kappa shape index (κ3) is 5.37. The van der Waals surface area contributed by atoms with Gasteiger partial charge in [-0.2, -0.15) is 8.42 Å². The zero-order valence-corrected chi connectivity index (χ0v) is 22.5. The molecule has 200 valence electrons. The second-order valence-electron chi connectivity index (χ2n) is 8.70. The molecule has 11 heteroatoms. The van der Waals surface area contributed by atoms with Gasteiger partial charge >= 0.3 is 15.9 Å². The summed E-state index contributed by atoms with van der Waals surface area (Å²) in [7, 11) is -0.893. The number of aryl methyl sites for hydroxylation is 2. The Labute approximate surface area is 221 Å². The van der Waals surface area contributed by atoms with E-state index in [1.54, 1.807) is 56.6 Å². The fourth-order valence-corrected chi connectivity index (χ4v) is 5.21. The van der Waals surface area contributed by atoms with E-state index in [2.05, 4.69) is 22.9 Å². The molecule has 38 heavy (non-hydrogen) atoms. The molecule has 10 nitrogen and oxygen atoms in total. The van der Waals surface area contributed by atoms with Crippen LogP contribution >= 0.6 is 0 Å². The van der Waals surface area contributed by atoms with Gasteiger partial charge in [0.1, 0.15) is 17.3 Å². The monoisotopic (exact) mass is 537 g/mol. The number of anilines is 1. The summed E-state index contributed by atoms with van der Waals surface area (Å²) in [5, 5.41) is 0. The van der Waals surface area contributed by atoms with Crippen molar-refractivity contribution in [2.75, 3.05) is 11.3 Å². The van der Waals surface area contributed by atoms with E-state index in [1.165, 1.54) is 15.3 Å². The van der Waals surface area contributed by atoms with Gasteiger partial charge in [0, 0.05) is 45.3 Å². The van der Waals surface area contributed by atoms with Crippen LogP contribution in [0.2, 0.25) is 0 Å². The number of benzene rings is 2. The van der Waals surface area contributed by atoms with E-state index >= 15 is 0 Å². The van der Waals surface area contributed by atoms with E-state index in [9.17, 15) is 13.2 Å². The van der Waals surface area contributed by atoms with Gasteiger partial charge in [-0.25, -0.2) is 13.8 Å². The smallest absolute Gasteiger partial charge is 0.328 e. The summed E-state index contributed by atoms with van der Waals surface area (Å²) in [4.78, 5) is 17.0. The lowest BCUT2D eigenvalue weighted by Crippen LogP contribution is -2.23. The van der Waals surface area contributed by atoms with Crippen LogP contribution in [0.5, 0.6) is 17.2 Å². The lowest BCUT2D eigenvalue weighted by molar-refractivity contribution is 0.316. The van der Waals surface area contributed by atoms with Gasteiger partial charge in [0.2, 0.25) is 0 Å². The molecule has 0 saturated carbocycles. The molecule has 0 bridgehead atoms. The molecule has 1 N–H and O–H groups in total. The standard InChI is InChI=1S/C27H31N5O5S/c1-6-10-19-18-32(26(28-19)11-7-2)38(34,35)29-22-16-23-24(31(5)27(33)30(23)4)17-25(22)37-21-13-9-12-20(15-21)36-14-8-3/h6-7,9,12-13,15-18,29H,1-2,8,10-11,14H2,3-5H3. The Bertz CT molecular complexity index is 1660. The third-order valence-electron chi connectivity index (χ3n) is 5.85. The molecular formula is C27H31N5O5S. The number of hydrogen-bond acceptors (Lipinski definition) is 6. The average Bonchev–Trinajstić information content (AvgIpc) is 3.38. The number of aromatic nitrogens is 4. The summed E-state index contributed by atoms with van der Waals surface area (Å²) in [6, 6.07) is 10.3. The number of hydrogen-bond donors (Lipinski definition) is 1. The summed E-state index contributed by atoms with van der Waals surface area (Å²) in [5.74, 6) is 1.59. The molecule has 4 rings (SSSR count). The number of rotatable bonds is 12. The molecule has 2 aromatic carbocycles. The third-order valence-corrected chi connectivity index (χ3v) is 7.16. The molecule has 2 aromatic heterocycles. The van der Waals surface area contributed by atoms with Crippen LogP contribution in [-0.4, -0.2) is 33.1 Å². The molecule has 0 spiro atoms. The van der Waals surface area contributed by atoms with Gasteiger partial charge in [-0.05, 0) is 24.6 Å². The Balaban J connectivity index is 1.81. The second-order valence-corrected chi connectivity index (χ2v) is 10.2. The number of fused-ring (bicyclic) bond motifs is 1. The van der Waals surface area contributed by atoms with Gasteiger partial charge in [-0.15, -0.1) is 13.2 Å². The Morgan fingerprint density at radius 2 is 1.71 bits per heavy atom. The van der Waals surface area contributed by atoms with Gasteiger partial charge in [0.15, 0.2) is 5.75 Å². The van der Waals surface area contributed by atoms with Crippen molar-refractivity contribution >= 4 is 26.9 Å². The number of nitrogens with one attached hydrogen (secondary N) is 1. The number of ether oxygens (including phenoxy) is 2. The van der Waals surface area contributed by atoms with E-state index in [4.69, 9.17) is 9.47 Å². The summed E-state index contributed by atoms with van der Waals surface area (Å²) in [5.41, 5.74) is 1.58. The van der Waals surface area contributed by atoms with Gasteiger partial charge in [-0.3, -0.25) is 13.9 Å². The van der Waals surface area contributed by atoms with Gasteiger partial charge in [0.05, 0.1) is 29.0 Å². The SMILES string of the molecule is C=CCc1cn(S(=O)(=O)Nc2cc3c(cc2Oc2cccc(OCCC)c2)n(C)c(=O)n3C)c(CC=C)n1. The van der Waals surface area contributed by atoms with Crippen molar-refractivity contribution in [3.8, 4) is 17.2 Å². The highest BCUT2D eigenvalue weighted by atomic mass is 32.2. The quantitative estimate of drug-likeness (QED) is 0.270. The summed E-state index contributed by atoms with van der Waals surface area (Å²) in [6.07, 6.45) is 6.20. The van der Waals surface area contributed by atoms with Crippen LogP contribution < -0.4 is 19.9 Å². The largest absolute Gasteiger partial charge is 0.493 e. The molecule has 0 aliphatic heterocycles. The summed E-state index contributed by atoms with van der Waals surface area (Å²) in [6.45, 7) is 9.97. The number of allylic oxidation sites excluding steroid dienone is 2. The zero-order valence-electron chi connectivity index (χ0n) is 21.7. The Kier molecular flexibility index (Phi) is 7.77. The first-order valence-corrected chi connectivity index (χ1v) is 13.5. The first-order valence-electron chi connectivity index (χ1n) is 12.1. The molecule has 2 heterocycles. The number of imidazole rings is 2. The molecule has 0 aliphatic carbocycles. The topological polar surface area (TPSA) is 109 Å². The van der Waals surface area contributed by atoms with Crippen LogP contribution in [0, 0.1) is 0 Å². The minimum atomic E-state index is -4.16. The van der Waals surface area contributed by atoms with Crippen molar-refractivity contribution in [3.05, 3.63) is 89.9 Å². The van der Waals surface area contributed by atoms with Crippen LogP contribution in [0.25, 0.3) is 11.0 Å². The van der Waals surface area contributed by atoms with Crippen molar-refractivity contribution < 1.29 is 17.9 Å². The lowest BCUT2D eigenvalue weighted by Gasteiger charge is -2.16. The minimum absolute atomic E-state index is 0.155. The molecule has 0 fully saturated rings. The summed E-state index contributed by atoms with van der Waals surface area (Å²) < 4.78 is 45.7. The first-order chi connectivity index (χ1) is 18.2. The highest BCUT2D eigenvalue weighted by molar-refractivity contribution is 7.91. The van der Waals surface area contributed by atoms with Gasteiger partial charge in [0.25, 0.3) is 0 Å². The van der Waals surface area contributed by atoms with E-state index in [0.29, 0.717) is 47.1 Å². The molecule has 0 radical (unpaired) electrons. The average molecular weight is 538 g/mol. The normalized spacial score (nSPS) is 11.4. The van der Waals surface area contributed by atoms with Crippen molar-refractivity contribution in [3.63, 3.8) is 0 Å². The highest BCUT2D eigenvalue weighted by Gasteiger charge is 2.23. The highest BCUT2D eigenvalue weighted by Crippen LogP contribution is 2.35. The maximum absolute atomic E-state index is 13.6. The number of nitrogens with zero attached hydrogens (tertiary/aromatic N) is 4. The zero-order chi connectivity index (χ0) is 27.4. The van der Waals surface area contributed by atoms with Crippen LogP contribution in [0.4, 0.5) is 5.69 Å². The molecule has 0 amide bonds. The minimum Gasteiger partial charge on any atom is -0.493 e. The predicted octanol–water partition coefficient (Wildman–Crippen LogP) is 4.32. The van der Waals surface area contributed by atoms with Crippen molar-refractivity contribution in [2.24, 2.45) is 14.1 Å². The van der Waals surface area contributed by atoms with Crippen molar-refractivity contribution in [1.29, 1.82) is 0 Å². The van der Waals surface area contributed by atoms with Gasteiger partial charge < -0.3 is 9.47 Å². The van der Waals surface area contributed by atoms with E-state index < -0.39 is 10.2 Å². The van der Waals surface area contributed by atoms with Crippen LogP contribution in [0.3, 0.4) is 0 Å². The van der Waals surface area contributed by atoms with Crippen LogP contribution in [0.15, 0.2) is 72.7 Å². The van der Waals surface area contributed by atoms with E-state index in [-0.39, 0.29) is 23.5 Å². The fourth-order valence-electron chi connectivity index (χ4n) is 4.03. The molecular weight excluding hydrogens is 506 g/mol. The molecule has 0 saturated heterocycles. The second kappa shape index (κ2) is 11.0. The van der Waals surface area contributed by atoms with Crippen LogP contribution in [-0.2, 0) is 37.1 Å². The van der Waals surface area contributed by atoms with Gasteiger partial charge in [-0.1, -0.05) is 25.1 Å². The van der Waals surface area contributed by atoms with Crippen molar-refractivity contribution in [1.82, 2.24) is 18.1 Å². The molecule has 0 atom stereocenters. The lowest BCUT2D eigenvalue weighted by atomic mass is 10.2. The molecule has 0 unspecified atom stereocenters. The molecule has 0 aliphatic rings. The Hall–Kier alpha value is -4.25. The first kappa shape index (κ1) is 26.8. The predicted molar refractivity (Wildman–Crippen MR) is 148 cm³/mol. The maximum Gasteiger partial charge on any atom is 0.328 e. The summed E-state index contributed by atoms with van der Waals surface area (Å²) >= 11 is 0. The van der Waals surface area contributed by atoms with E-state index in [1.807, 2.05) is 13.0 Å². The molecule has 4 aromatic rings. The van der Waals surface area contributed by atoms with Crippen LogP contribution in [0.1, 0.15) is 24.9 Å². The Morgan fingerprint density at radius 3 is 2.39 bits per heavy atom. The Morgan fingerprint density at radius 1 is 1.03 bits per heavy atom. The van der Waals surface area contributed by atoms with E-state index in [0.717, 1.165) is 10.4 Å². The van der Waals surface area contributed by atoms with Crippen molar-refractivity contribution in [2.45, 2.75) is 26.2 Å². The maximum atomic E-state index is 13.6. The fraction of sp³-hybridized carbons (Fsp3) is 0.259.